The lowest BCUT2D eigenvalue weighted by molar-refractivity contribution is -0.130. The Morgan fingerprint density at radius 1 is 1.00 bits per heavy atom. The van der Waals surface area contributed by atoms with E-state index in [2.05, 4.69) is 15.6 Å². The number of rotatable bonds is 8. The number of primary amides is 1. The fraction of sp³-hybridized carbons (Fsp3) is 0.227. The summed E-state index contributed by atoms with van der Waals surface area (Å²) in [5.41, 5.74) is 7.94. The van der Waals surface area contributed by atoms with E-state index in [1.807, 2.05) is 24.3 Å². The summed E-state index contributed by atoms with van der Waals surface area (Å²) in [6.07, 6.45) is 2.12. The van der Waals surface area contributed by atoms with Crippen LogP contribution in [-0.4, -0.2) is 34.8 Å². The Balaban J connectivity index is 1.75. The molecule has 0 unspecified atom stereocenters. The molecule has 8 heteroatoms. The number of fused-ring (bicyclic) bond motifs is 1. The van der Waals surface area contributed by atoms with E-state index < -0.39 is 35.6 Å². The van der Waals surface area contributed by atoms with Crippen LogP contribution in [0.15, 0.2) is 54.7 Å². The summed E-state index contributed by atoms with van der Waals surface area (Å²) < 4.78 is 13.1. The van der Waals surface area contributed by atoms with Gasteiger partial charge in [-0.05, 0) is 29.3 Å². The van der Waals surface area contributed by atoms with Crippen molar-refractivity contribution in [1.29, 1.82) is 0 Å². The van der Waals surface area contributed by atoms with Crippen LogP contribution in [0.2, 0.25) is 0 Å². The maximum absolute atomic E-state index is 13.1. The van der Waals surface area contributed by atoms with Gasteiger partial charge in [-0.25, -0.2) is 4.39 Å². The summed E-state index contributed by atoms with van der Waals surface area (Å²) in [6, 6.07) is 11.3. The summed E-state index contributed by atoms with van der Waals surface area (Å²) in [7, 11) is 0. The number of nitrogens with two attached hydrogens (primary N) is 1. The number of para-hydroxylation sites is 1. The van der Waals surface area contributed by atoms with E-state index in [0.29, 0.717) is 5.56 Å². The molecule has 0 saturated carbocycles. The van der Waals surface area contributed by atoms with Crippen molar-refractivity contribution < 1.29 is 18.8 Å². The molecule has 0 aliphatic rings. The number of carbonyl (C=O) groups is 3. The number of nitrogens with one attached hydrogen (secondary N) is 3. The molecule has 5 N–H and O–H groups in total. The van der Waals surface area contributed by atoms with Crippen LogP contribution in [0.25, 0.3) is 10.9 Å². The van der Waals surface area contributed by atoms with E-state index in [9.17, 15) is 18.8 Å². The minimum Gasteiger partial charge on any atom is -0.368 e. The van der Waals surface area contributed by atoms with Crippen molar-refractivity contribution in [2.24, 2.45) is 5.73 Å². The van der Waals surface area contributed by atoms with E-state index in [4.69, 9.17) is 5.73 Å². The second-order valence-corrected chi connectivity index (χ2v) is 7.11. The van der Waals surface area contributed by atoms with Crippen molar-refractivity contribution in [2.45, 2.75) is 31.8 Å². The number of carbonyl (C=O) groups excluding carboxylic acids is 3. The Bertz CT molecular complexity index is 1060. The number of hydrogen-bond donors (Lipinski definition) is 4. The zero-order valence-electron chi connectivity index (χ0n) is 16.4. The normalized spacial score (nSPS) is 12.9. The van der Waals surface area contributed by atoms with Crippen LogP contribution < -0.4 is 16.4 Å². The van der Waals surface area contributed by atoms with E-state index in [-0.39, 0.29) is 12.8 Å². The Hall–Kier alpha value is -3.68. The highest BCUT2D eigenvalue weighted by atomic mass is 19.1. The molecule has 156 valence electrons. The van der Waals surface area contributed by atoms with Crippen molar-refractivity contribution in [3.8, 4) is 0 Å². The number of amides is 3. The predicted molar refractivity (Wildman–Crippen MR) is 111 cm³/mol. The number of halogens is 1. The largest absolute Gasteiger partial charge is 0.368 e. The van der Waals surface area contributed by atoms with Gasteiger partial charge in [-0.3, -0.25) is 14.4 Å². The van der Waals surface area contributed by atoms with Gasteiger partial charge in [0.25, 0.3) is 0 Å². The van der Waals surface area contributed by atoms with E-state index in [1.54, 1.807) is 6.20 Å². The molecule has 0 saturated heterocycles. The number of benzene rings is 2. The first-order valence-corrected chi connectivity index (χ1v) is 9.49. The molecule has 3 amide bonds. The Kier molecular flexibility index (Phi) is 6.46. The Morgan fingerprint density at radius 3 is 2.37 bits per heavy atom. The average Bonchev–Trinajstić information content (AvgIpc) is 3.11. The lowest BCUT2D eigenvalue weighted by Gasteiger charge is -2.21. The molecule has 1 heterocycles. The quantitative estimate of drug-likeness (QED) is 0.451. The fourth-order valence-electron chi connectivity index (χ4n) is 3.33. The van der Waals surface area contributed by atoms with Crippen LogP contribution in [0.5, 0.6) is 0 Å². The smallest absolute Gasteiger partial charge is 0.243 e. The first-order valence-electron chi connectivity index (χ1n) is 9.49. The first-order chi connectivity index (χ1) is 14.3. The molecule has 7 nitrogen and oxygen atoms in total. The molecule has 2 atom stereocenters. The van der Waals surface area contributed by atoms with Gasteiger partial charge in [-0.1, -0.05) is 30.3 Å². The molecule has 0 aliphatic carbocycles. The molecule has 30 heavy (non-hydrogen) atoms. The van der Waals surface area contributed by atoms with Gasteiger partial charge < -0.3 is 21.4 Å². The molecular formula is C22H23FN4O3. The summed E-state index contributed by atoms with van der Waals surface area (Å²) >= 11 is 0. The van der Waals surface area contributed by atoms with Crippen LogP contribution in [0.4, 0.5) is 4.39 Å². The van der Waals surface area contributed by atoms with Crippen molar-refractivity contribution >= 4 is 28.6 Å². The van der Waals surface area contributed by atoms with Gasteiger partial charge in [0.1, 0.15) is 17.9 Å². The third-order valence-electron chi connectivity index (χ3n) is 4.81. The maximum atomic E-state index is 13.1. The standard InChI is InChI=1S/C22H23FN4O3/c1-13(28)26-20(10-14-6-8-16(23)9-7-14)22(30)27-19(21(24)29)11-15-12-25-18-5-3-2-4-17(15)18/h2-9,12,19-20,25H,10-11H2,1H3,(H2,24,29)(H,26,28)(H,27,30)/t19-,20+/m1/s1. The summed E-state index contributed by atoms with van der Waals surface area (Å²) in [5.74, 6) is -2.02. The Morgan fingerprint density at radius 2 is 1.70 bits per heavy atom. The predicted octanol–water partition coefficient (Wildman–Crippen LogP) is 1.57. The molecule has 3 rings (SSSR count). The topological polar surface area (TPSA) is 117 Å². The van der Waals surface area contributed by atoms with Crippen molar-refractivity contribution in [1.82, 2.24) is 15.6 Å². The van der Waals surface area contributed by atoms with Gasteiger partial charge in [0.05, 0.1) is 0 Å². The van der Waals surface area contributed by atoms with Gasteiger partial charge >= 0.3 is 0 Å². The molecule has 1 aromatic heterocycles. The SMILES string of the molecule is CC(=O)N[C@@H](Cc1ccc(F)cc1)C(=O)N[C@H](Cc1c[nH]c2ccccc12)C(N)=O. The average molecular weight is 410 g/mol. The highest BCUT2D eigenvalue weighted by Gasteiger charge is 2.26. The van der Waals surface area contributed by atoms with Gasteiger partial charge in [-0.2, -0.15) is 0 Å². The molecule has 0 fully saturated rings. The van der Waals surface area contributed by atoms with Gasteiger partial charge in [0, 0.05) is 36.9 Å². The minimum atomic E-state index is -0.957. The molecule has 2 aromatic carbocycles. The summed E-state index contributed by atoms with van der Waals surface area (Å²) in [6.45, 7) is 1.29. The summed E-state index contributed by atoms with van der Waals surface area (Å²) in [5, 5.41) is 6.15. The van der Waals surface area contributed by atoms with Crippen molar-refractivity contribution in [2.75, 3.05) is 0 Å². The van der Waals surface area contributed by atoms with E-state index in [1.165, 1.54) is 31.2 Å². The third kappa shape index (κ3) is 5.22. The van der Waals surface area contributed by atoms with Gasteiger partial charge in [0.15, 0.2) is 0 Å². The second-order valence-electron chi connectivity index (χ2n) is 7.11. The second kappa shape index (κ2) is 9.21. The molecule has 0 radical (unpaired) electrons. The van der Waals surface area contributed by atoms with Crippen LogP contribution in [-0.2, 0) is 27.2 Å². The number of aromatic amines is 1. The van der Waals surface area contributed by atoms with Crippen molar-refractivity contribution in [3.63, 3.8) is 0 Å². The zero-order chi connectivity index (χ0) is 21.7. The lowest BCUT2D eigenvalue weighted by atomic mass is 10.0. The molecule has 0 spiro atoms. The molecule has 0 bridgehead atoms. The van der Waals surface area contributed by atoms with Gasteiger partial charge in [0.2, 0.25) is 17.7 Å². The lowest BCUT2D eigenvalue weighted by Crippen LogP contribution is -2.54. The molecular weight excluding hydrogens is 387 g/mol. The van der Waals surface area contributed by atoms with Gasteiger partial charge in [-0.15, -0.1) is 0 Å². The first kappa shape index (κ1) is 21.0. The number of aromatic nitrogens is 1. The van der Waals surface area contributed by atoms with Crippen LogP contribution in [0.3, 0.4) is 0 Å². The number of hydrogen-bond acceptors (Lipinski definition) is 3. The third-order valence-corrected chi connectivity index (χ3v) is 4.81. The molecule has 3 aromatic rings. The fourth-order valence-corrected chi connectivity index (χ4v) is 3.33. The van der Waals surface area contributed by atoms with Crippen LogP contribution in [0, 0.1) is 5.82 Å². The highest BCUT2D eigenvalue weighted by Crippen LogP contribution is 2.19. The van der Waals surface area contributed by atoms with E-state index >= 15 is 0 Å². The monoisotopic (exact) mass is 410 g/mol. The van der Waals surface area contributed by atoms with Crippen LogP contribution >= 0.6 is 0 Å². The zero-order valence-corrected chi connectivity index (χ0v) is 16.4. The van der Waals surface area contributed by atoms with Crippen molar-refractivity contribution in [3.05, 3.63) is 71.7 Å². The number of H-pyrrole nitrogens is 1. The van der Waals surface area contributed by atoms with Crippen LogP contribution in [0.1, 0.15) is 18.1 Å². The molecule has 0 aliphatic heterocycles. The highest BCUT2D eigenvalue weighted by molar-refractivity contribution is 5.92. The Labute approximate surface area is 172 Å². The maximum Gasteiger partial charge on any atom is 0.243 e. The minimum absolute atomic E-state index is 0.143. The van der Waals surface area contributed by atoms with E-state index in [0.717, 1.165) is 16.5 Å². The summed E-state index contributed by atoms with van der Waals surface area (Å²) in [4.78, 5) is 39.5.